The average molecular weight is 564 g/mol. The minimum atomic E-state index is -1.61. The Hall–Kier alpha value is -3.36. The molecule has 2 fully saturated rings. The summed E-state index contributed by atoms with van der Waals surface area (Å²) >= 11 is 7.25. The largest absolute Gasteiger partial charge is 0.545 e. The fraction of sp³-hybridized carbons (Fsp3) is 0.267. The molecule has 1 amide bonds. The van der Waals surface area contributed by atoms with Gasteiger partial charge in [0.1, 0.15) is 12.4 Å². The number of carboxylic acid groups (broad SMARTS) is 1. The zero-order valence-electron chi connectivity index (χ0n) is 20.7. The van der Waals surface area contributed by atoms with Gasteiger partial charge in [-0.15, -0.1) is 0 Å². The fourth-order valence-corrected chi connectivity index (χ4v) is 7.29. The van der Waals surface area contributed by atoms with Crippen molar-refractivity contribution >= 4 is 51.8 Å². The smallest absolute Gasteiger partial charge is 0.246 e. The number of carbonyl (C=O) groups excluding carboxylic acids is 2. The molecule has 2 saturated carbocycles. The predicted molar refractivity (Wildman–Crippen MR) is 143 cm³/mol. The van der Waals surface area contributed by atoms with Gasteiger partial charge in [-0.1, -0.05) is 53.7 Å². The zero-order valence-corrected chi connectivity index (χ0v) is 22.2. The second-order valence-corrected chi connectivity index (χ2v) is 12.1. The van der Waals surface area contributed by atoms with Crippen molar-refractivity contribution in [2.45, 2.75) is 53.4 Å². The van der Waals surface area contributed by atoms with Gasteiger partial charge in [0.05, 0.1) is 16.5 Å². The Morgan fingerprint density at radius 1 is 1.03 bits per heavy atom. The number of carboxylic acids is 1. The second-order valence-electron chi connectivity index (χ2n) is 10.6. The highest BCUT2D eigenvalue weighted by Gasteiger charge is 2.52. The Balaban J connectivity index is 1.35. The first-order chi connectivity index (χ1) is 18.8. The van der Waals surface area contributed by atoms with Gasteiger partial charge in [-0.05, 0) is 55.5 Å². The van der Waals surface area contributed by atoms with Gasteiger partial charge in [0.15, 0.2) is 5.82 Å². The van der Waals surface area contributed by atoms with Crippen molar-refractivity contribution in [2.75, 3.05) is 11.4 Å². The lowest BCUT2D eigenvalue weighted by Gasteiger charge is -2.20. The maximum atomic E-state index is 15.7. The van der Waals surface area contributed by atoms with Gasteiger partial charge in [-0.2, -0.15) is 0 Å². The maximum absolute atomic E-state index is 15.7. The van der Waals surface area contributed by atoms with Gasteiger partial charge in [0.2, 0.25) is 5.91 Å². The van der Waals surface area contributed by atoms with Gasteiger partial charge in [0, 0.05) is 50.0 Å². The van der Waals surface area contributed by atoms with Crippen LogP contribution in [0.15, 0.2) is 64.4 Å². The van der Waals surface area contributed by atoms with E-state index in [2.05, 4.69) is 6.07 Å². The van der Waals surface area contributed by atoms with E-state index < -0.39 is 23.2 Å². The van der Waals surface area contributed by atoms with Crippen LogP contribution in [0.5, 0.6) is 0 Å². The summed E-state index contributed by atoms with van der Waals surface area (Å²) in [6, 6.07) is 15.2. The predicted octanol–water partition coefficient (Wildman–Crippen LogP) is 6.04. The number of hydrogen-bond donors (Lipinski definition) is 0. The van der Waals surface area contributed by atoms with Crippen LogP contribution in [0, 0.1) is 11.6 Å². The highest BCUT2D eigenvalue weighted by molar-refractivity contribution is 7.99. The second kappa shape index (κ2) is 8.83. The first-order valence-corrected chi connectivity index (χ1v) is 14.1. The third-order valence-electron chi connectivity index (χ3n) is 8.14. The lowest BCUT2D eigenvalue weighted by atomic mass is 9.99. The van der Waals surface area contributed by atoms with E-state index in [-0.39, 0.29) is 39.2 Å². The summed E-state index contributed by atoms with van der Waals surface area (Å²) in [7, 11) is 0. The minimum Gasteiger partial charge on any atom is -0.545 e. The molecule has 198 valence electrons. The molecule has 2 heterocycles. The zero-order chi connectivity index (χ0) is 27.1. The Labute approximate surface area is 232 Å². The van der Waals surface area contributed by atoms with Gasteiger partial charge in [-0.3, -0.25) is 4.79 Å². The van der Waals surface area contributed by atoms with Crippen molar-refractivity contribution in [2.24, 2.45) is 0 Å². The van der Waals surface area contributed by atoms with E-state index in [4.69, 9.17) is 11.6 Å². The molecule has 39 heavy (non-hydrogen) atoms. The number of aromatic nitrogens is 1. The van der Waals surface area contributed by atoms with Crippen LogP contribution in [-0.4, -0.2) is 23.0 Å². The molecule has 0 N–H and O–H groups in total. The normalized spacial score (nSPS) is 17.2. The van der Waals surface area contributed by atoms with Crippen molar-refractivity contribution in [3.63, 3.8) is 0 Å². The first-order valence-electron chi connectivity index (χ1n) is 12.9. The molecule has 3 aromatic carbocycles. The summed E-state index contributed by atoms with van der Waals surface area (Å²) in [5, 5.41) is 11.9. The molecular weight excluding hydrogens is 542 g/mol. The standard InChI is InChI=1S/C30H23ClF2N2O3S/c31-20-11-10-18-27(25(20)33)34(14-23(36)35-15-30(12-13-30)19-5-1-2-6-21(19)35)26(16-8-9-16)28(18)39-22-7-3-4-17(24(22)32)29(37)38/h1-7,10-11,16H,8-9,12-15H2,(H,37,38)/p-1. The molecule has 0 radical (unpaired) electrons. The molecule has 7 rings (SSSR count). The highest BCUT2D eigenvalue weighted by Crippen LogP contribution is 2.56. The van der Waals surface area contributed by atoms with Crippen LogP contribution in [0.2, 0.25) is 5.02 Å². The van der Waals surface area contributed by atoms with Crippen molar-refractivity contribution in [1.29, 1.82) is 0 Å². The SMILES string of the molecule is O=C([O-])c1cccc(Sc2c(C3CC3)n(CC(=O)N3CC4(CC4)c4ccccc43)c3c(F)c(Cl)ccc23)c1F. The molecular formula is C30H22ClF2N2O3S-. The molecule has 1 spiro atoms. The molecule has 2 aliphatic carbocycles. The van der Waals surface area contributed by atoms with Gasteiger partial charge in [0.25, 0.3) is 0 Å². The molecule has 0 unspecified atom stereocenters. The van der Waals surface area contributed by atoms with Gasteiger partial charge >= 0.3 is 0 Å². The monoisotopic (exact) mass is 563 g/mol. The third kappa shape index (κ3) is 3.87. The molecule has 0 saturated heterocycles. The number of amides is 1. The molecule has 4 aromatic rings. The van der Waals surface area contributed by atoms with Crippen molar-refractivity contribution < 1.29 is 23.5 Å². The maximum Gasteiger partial charge on any atom is 0.246 e. The number of fused-ring (bicyclic) bond motifs is 3. The number of rotatable bonds is 6. The van der Waals surface area contributed by atoms with E-state index >= 15 is 8.78 Å². The summed E-state index contributed by atoms with van der Waals surface area (Å²) in [6.45, 7) is 0.515. The summed E-state index contributed by atoms with van der Waals surface area (Å²) in [5.74, 6) is -3.23. The number of anilines is 1. The number of para-hydroxylation sites is 1. The molecule has 1 aliphatic heterocycles. The molecule has 0 atom stereocenters. The third-order valence-corrected chi connectivity index (χ3v) is 9.60. The van der Waals surface area contributed by atoms with E-state index in [1.807, 2.05) is 23.1 Å². The van der Waals surface area contributed by atoms with Crippen LogP contribution in [0.4, 0.5) is 14.5 Å². The van der Waals surface area contributed by atoms with Crippen molar-refractivity contribution in [3.8, 4) is 0 Å². The Bertz CT molecular complexity index is 1710. The van der Waals surface area contributed by atoms with E-state index in [0.717, 1.165) is 54.9 Å². The molecule has 0 bridgehead atoms. The number of nitrogens with zero attached hydrogens (tertiary/aromatic N) is 2. The molecule has 5 nitrogen and oxygen atoms in total. The minimum absolute atomic E-state index is 0.0153. The molecule has 3 aliphatic rings. The van der Waals surface area contributed by atoms with Crippen LogP contribution in [0.1, 0.15) is 53.2 Å². The average Bonchev–Trinajstić information content (AvgIpc) is 3.84. The molecule has 9 heteroatoms. The van der Waals surface area contributed by atoms with E-state index in [0.29, 0.717) is 16.8 Å². The Morgan fingerprint density at radius 2 is 1.79 bits per heavy atom. The van der Waals surface area contributed by atoms with Gasteiger partial charge < -0.3 is 19.4 Å². The summed E-state index contributed by atoms with van der Waals surface area (Å²) < 4.78 is 32.5. The number of aromatic carboxylic acids is 1. The van der Waals surface area contributed by atoms with E-state index in [9.17, 15) is 14.7 Å². The lowest BCUT2D eigenvalue weighted by Crippen LogP contribution is -2.34. The summed E-state index contributed by atoms with van der Waals surface area (Å²) in [6.07, 6.45) is 3.78. The number of hydrogen-bond acceptors (Lipinski definition) is 4. The lowest BCUT2D eigenvalue weighted by molar-refractivity contribution is -0.255. The van der Waals surface area contributed by atoms with Crippen LogP contribution < -0.4 is 10.0 Å². The van der Waals surface area contributed by atoms with Crippen LogP contribution in [0.3, 0.4) is 0 Å². The van der Waals surface area contributed by atoms with Crippen molar-refractivity contribution in [3.05, 3.63) is 88.1 Å². The number of halogens is 3. The highest BCUT2D eigenvalue weighted by atomic mass is 35.5. The van der Waals surface area contributed by atoms with Gasteiger partial charge in [-0.25, -0.2) is 8.78 Å². The number of carbonyl (C=O) groups is 2. The Morgan fingerprint density at radius 3 is 2.51 bits per heavy atom. The van der Waals surface area contributed by atoms with Crippen LogP contribution >= 0.6 is 23.4 Å². The Kier molecular flexibility index (Phi) is 5.58. The topological polar surface area (TPSA) is 65.4 Å². The van der Waals surface area contributed by atoms with Crippen LogP contribution in [-0.2, 0) is 16.8 Å². The van der Waals surface area contributed by atoms with E-state index in [1.54, 1.807) is 10.6 Å². The molecule has 1 aromatic heterocycles. The number of benzene rings is 3. The van der Waals surface area contributed by atoms with Crippen molar-refractivity contribution in [1.82, 2.24) is 4.57 Å². The fourth-order valence-electron chi connectivity index (χ4n) is 5.91. The van der Waals surface area contributed by atoms with Crippen LogP contribution in [0.25, 0.3) is 10.9 Å². The van der Waals surface area contributed by atoms with E-state index in [1.165, 1.54) is 23.8 Å². The first kappa shape index (κ1) is 24.7. The quantitative estimate of drug-likeness (QED) is 0.287. The summed E-state index contributed by atoms with van der Waals surface area (Å²) in [5.41, 5.74) is 2.51. The summed E-state index contributed by atoms with van der Waals surface area (Å²) in [4.78, 5) is 27.8.